The van der Waals surface area contributed by atoms with Gasteiger partial charge in [0.1, 0.15) is 24.0 Å². The average Bonchev–Trinajstić information content (AvgIpc) is 2.71. The Balaban J connectivity index is 1.94. The van der Waals surface area contributed by atoms with Gasteiger partial charge in [0.2, 0.25) is 5.91 Å². The standard InChI is InChI=1S/C13H22N2O5/c1-7(17)15-8-9-10(19-12(2,3)18-9)13(6-16)4-5-14-11(8)20-13/h8-11,14,16H,4-6H2,1-3H3,(H,15,17)/t8-,9?,10?,11?,13?/m0/s1. The van der Waals surface area contributed by atoms with Crippen molar-refractivity contribution in [3.05, 3.63) is 0 Å². The Hall–Kier alpha value is -0.730. The summed E-state index contributed by atoms with van der Waals surface area (Å²) in [4.78, 5) is 11.4. The molecule has 3 fully saturated rings. The summed E-state index contributed by atoms with van der Waals surface area (Å²) < 4.78 is 17.9. The zero-order valence-electron chi connectivity index (χ0n) is 12.0. The fourth-order valence-electron chi connectivity index (χ4n) is 3.42. The second-order valence-corrected chi connectivity index (χ2v) is 6.21. The van der Waals surface area contributed by atoms with E-state index < -0.39 is 17.5 Å². The van der Waals surface area contributed by atoms with E-state index >= 15 is 0 Å². The first kappa shape index (κ1) is 14.2. The minimum atomic E-state index is -0.761. The lowest BCUT2D eigenvalue weighted by Gasteiger charge is -2.52. The van der Waals surface area contributed by atoms with Crippen LogP contribution in [0.15, 0.2) is 0 Å². The number of fused-ring (bicyclic) bond motifs is 4. The van der Waals surface area contributed by atoms with Crippen molar-refractivity contribution in [2.24, 2.45) is 0 Å². The van der Waals surface area contributed by atoms with E-state index in [2.05, 4.69) is 10.6 Å². The Morgan fingerprint density at radius 1 is 1.40 bits per heavy atom. The van der Waals surface area contributed by atoms with Gasteiger partial charge in [0, 0.05) is 13.5 Å². The summed E-state index contributed by atoms with van der Waals surface area (Å²) in [6.07, 6.45) is -0.461. The molecule has 3 aliphatic rings. The summed E-state index contributed by atoms with van der Waals surface area (Å²) in [7, 11) is 0. The molecule has 0 aromatic rings. The molecule has 4 unspecified atom stereocenters. The number of nitrogens with one attached hydrogen (secondary N) is 2. The molecule has 3 aliphatic heterocycles. The van der Waals surface area contributed by atoms with Gasteiger partial charge in [-0.25, -0.2) is 0 Å². The van der Waals surface area contributed by atoms with Crippen LogP contribution in [0.3, 0.4) is 0 Å². The fourth-order valence-corrected chi connectivity index (χ4v) is 3.42. The topological polar surface area (TPSA) is 89.1 Å². The molecule has 3 rings (SSSR count). The van der Waals surface area contributed by atoms with Crippen molar-refractivity contribution in [1.82, 2.24) is 10.6 Å². The quantitative estimate of drug-likeness (QED) is 0.609. The molecule has 0 radical (unpaired) electrons. The van der Waals surface area contributed by atoms with Gasteiger partial charge in [0.25, 0.3) is 0 Å². The van der Waals surface area contributed by atoms with Crippen molar-refractivity contribution in [2.45, 2.75) is 63.1 Å². The number of amides is 1. The Bertz CT molecular complexity index is 416. The second kappa shape index (κ2) is 4.64. The van der Waals surface area contributed by atoms with E-state index in [0.29, 0.717) is 13.0 Å². The number of hydrogen-bond donors (Lipinski definition) is 3. The number of hydrogen-bond acceptors (Lipinski definition) is 6. The van der Waals surface area contributed by atoms with Gasteiger partial charge in [0.15, 0.2) is 5.79 Å². The predicted octanol–water partition coefficient (Wildman–Crippen LogP) is -0.908. The highest BCUT2D eigenvalue weighted by Gasteiger charge is 2.63. The van der Waals surface area contributed by atoms with Crippen LogP contribution in [0.4, 0.5) is 0 Å². The maximum Gasteiger partial charge on any atom is 0.217 e. The highest BCUT2D eigenvalue weighted by molar-refractivity contribution is 5.73. The molecule has 0 saturated carbocycles. The zero-order valence-corrected chi connectivity index (χ0v) is 12.0. The minimum absolute atomic E-state index is 0.126. The minimum Gasteiger partial charge on any atom is -0.393 e. The lowest BCUT2D eigenvalue weighted by atomic mass is 9.81. The third-order valence-electron chi connectivity index (χ3n) is 4.22. The van der Waals surface area contributed by atoms with Gasteiger partial charge in [-0.05, 0) is 20.3 Å². The molecular formula is C13H22N2O5. The lowest BCUT2D eigenvalue weighted by molar-refractivity contribution is -0.253. The molecule has 3 heterocycles. The Morgan fingerprint density at radius 2 is 2.15 bits per heavy atom. The molecule has 5 atom stereocenters. The van der Waals surface area contributed by atoms with Gasteiger partial charge in [-0.2, -0.15) is 0 Å². The van der Waals surface area contributed by atoms with Gasteiger partial charge in [-0.1, -0.05) is 0 Å². The number of carbonyl (C=O) groups excluding carboxylic acids is 1. The number of rotatable bonds is 2. The number of aliphatic hydroxyl groups excluding tert-OH is 1. The number of aliphatic hydroxyl groups is 1. The molecular weight excluding hydrogens is 264 g/mol. The Kier molecular flexibility index (Phi) is 3.30. The molecule has 7 heteroatoms. The molecule has 7 nitrogen and oxygen atoms in total. The van der Waals surface area contributed by atoms with Crippen LogP contribution < -0.4 is 10.6 Å². The van der Waals surface area contributed by atoms with Crippen LogP contribution in [0.1, 0.15) is 27.2 Å². The highest BCUT2D eigenvalue weighted by atomic mass is 16.8. The number of ether oxygens (including phenoxy) is 3. The predicted molar refractivity (Wildman–Crippen MR) is 68.7 cm³/mol. The van der Waals surface area contributed by atoms with E-state index in [0.717, 1.165) is 0 Å². The van der Waals surface area contributed by atoms with Crippen molar-refractivity contribution in [3.8, 4) is 0 Å². The Labute approximate surface area is 117 Å². The highest BCUT2D eigenvalue weighted by Crippen LogP contribution is 2.44. The van der Waals surface area contributed by atoms with Crippen LogP contribution in [0, 0.1) is 0 Å². The molecule has 0 aromatic heterocycles. The van der Waals surface area contributed by atoms with Gasteiger partial charge in [-0.3, -0.25) is 10.1 Å². The average molecular weight is 286 g/mol. The van der Waals surface area contributed by atoms with Crippen LogP contribution in [-0.4, -0.2) is 60.0 Å². The normalized spacial score (nSPS) is 45.8. The molecule has 20 heavy (non-hydrogen) atoms. The van der Waals surface area contributed by atoms with E-state index in [1.54, 1.807) is 0 Å². The SMILES string of the molecule is CC(=O)N[C@@H]1C2NCCC(CO)(O2)C2OC(C)(C)OC21. The van der Waals surface area contributed by atoms with Gasteiger partial charge in [0.05, 0.1) is 12.6 Å². The van der Waals surface area contributed by atoms with Gasteiger partial charge in [-0.15, -0.1) is 0 Å². The van der Waals surface area contributed by atoms with Crippen LogP contribution >= 0.6 is 0 Å². The molecule has 3 saturated heterocycles. The molecule has 1 amide bonds. The summed E-state index contributed by atoms with van der Waals surface area (Å²) in [6, 6.07) is -0.334. The molecule has 0 aromatic carbocycles. The number of carbonyl (C=O) groups is 1. The summed E-state index contributed by atoms with van der Waals surface area (Å²) in [5, 5.41) is 15.9. The lowest BCUT2D eigenvalue weighted by Crippen LogP contribution is -2.74. The first-order valence-electron chi connectivity index (χ1n) is 7.02. The maximum absolute atomic E-state index is 11.4. The van der Waals surface area contributed by atoms with Crippen molar-refractivity contribution in [2.75, 3.05) is 13.2 Å². The van der Waals surface area contributed by atoms with Gasteiger partial charge < -0.3 is 24.6 Å². The third kappa shape index (κ3) is 2.14. The fraction of sp³-hybridized carbons (Fsp3) is 0.923. The summed E-state index contributed by atoms with van der Waals surface area (Å²) in [5.74, 6) is -0.899. The van der Waals surface area contributed by atoms with E-state index in [9.17, 15) is 9.90 Å². The largest absolute Gasteiger partial charge is 0.393 e. The first-order valence-corrected chi connectivity index (χ1v) is 7.02. The summed E-state index contributed by atoms with van der Waals surface area (Å²) in [5.41, 5.74) is -0.761. The van der Waals surface area contributed by atoms with Crippen molar-refractivity contribution in [1.29, 1.82) is 0 Å². The van der Waals surface area contributed by atoms with E-state index in [1.165, 1.54) is 6.92 Å². The van der Waals surface area contributed by atoms with Gasteiger partial charge >= 0.3 is 0 Å². The van der Waals surface area contributed by atoms with E-state index in [4.69, 9.17) is 14.2 Å². The molecule has 3 N–H and O–H groups in total. The van der Waals surface area contributed by atoms with Crippen molar-refractivity contribution >= 4 is 5.91 Å². The Morgan fingerprint density at radius 3 is 2.80 bits per heavy atom. The summed E-state index contributed by atoms with van der Waals surface area (Å²) >= 11 is 0. The smallest absolute Gasteiger partial charge is 0.217 e. The van der Waals surface area contributed by atoms with Crippen LogP contribution in [0.5, 0.6) is 0 Å². The van der Waals surface area contributed by atoms with E-state index in [1.807, 2.05) is 13.8 Å². The van der Waals surface area contributed by atoms with Crippen molar-refractivity contribution in [3.63, 3.8) is 0 Å². The maximum atomic E-state index is 11.4. The van der Waals surface area contributed by atoms with Crippen molar-refractivity contribution < 1.29 is 24.1 Å². The molecule has 0 aliphatic carbocycles. The van der Waals surface area contributed by atoms with E-state index in [-0.39, 0.29) is 30.9 Å². The van der Waals surface area contributed by atoms with Crippen LogP contribution in [-0.2, 0) is 19.0 Å². The van der Waals surface area contributed by atoms with Crippen LogP contribution in [0.2, 0.25) is 0 Å². The molecule has 114 valence electrons. The van der Waals surface area contributed by atoms with Crippen LogP contribution in [0.25, 0.3) is 0 Å². The molecule has 0 spiro atoms. The third-order valence-corrected chi connectivity index (χ3v) is 4.22. The monoisotopic (exact) mass is 286 g/mol. The first-order chi connectivity index (χ1) is 9.37. The second-order valence-electron chi connectivity index (χ2n) is 6.21. The zero-order chi connectivity index (χ0) is 14.5. The summed E-state index contributed by atoms with van der Waals surface area (Å²) in [6.45, 7) is 5.71. The molecule has 2 bridgehead atoms.